The van der Waals surface area contributed by atoms with Gasteiger partial charge in [-0.05, 0) is 43.0 Å². The Bertz CT molecular complexity index is 646. The van der Waals surface area contributed by atoms with Gasteiger partial charge >= 0.3 is 0 Å². The quantitative estimate of drug-likeness (QED) is 0.622. The van der Waals surface area contributed by atoms with E-state index in [0.717, 1.165) is 31.2 Å². The maximum atomic E-state index is 7.72. The molecule has 0 bridgehead atoms. The van der Waals surface area contributed by atoms with Crippen molar-refractivity contribution in [2.75, 3.05) is 26.2 Å². The summed E-state index contributed by atoms with van der Waals surface area (Å²) in [4.78, 5) is 2.51. The van der Waals surface area contributed by atoms with Crippen LogP contribution in [0.4, 0.5) is 0 Å². The van der Waals surface area contributed by atoms with E-state index in [-0.39, 0.29) is 6.23 Å². The summed E-state index contributed by atoms with van der Waals surface area (Å²) in [5, 5.41) is 11.0. The molecule has 0 aliphatic carbocycles. The van der Waals surface area contributed by atoms with Crippen LogP contribution in [-0.2, 0) is 11.3 Å². The van der Waals surface area contributed by atoms with Crippen LogP contribution in [0.25, 0.3) is 0 Å². The van der Waals surface area contributed by atoms with Gasteiger partial charge in [-0.1, -0.05) is 19.1 Å². The summed E-state index contributed by atoms with van der Waals surface area (Å²) in [6.07, 6.45) is 3.96. The molecule has 3 rings (SSSR count). The molecule has 0 spiro atoms. The van der Waals surface area contributed by atoms with Gasteiger partial charge in [0.1, 0.15) is 12.0 Å². The number of nitrogens with two attached hydrogens (primary N) is 1. The van der Waals surface area contributed by atoms with Crippen molar-refractivity contribution >= 4 is 5.71 Å². The number of nitrogens with one attached hydrogen (secondary N) is 2. The van der Waals surface area contributed by atoms with E-state index < -0.39 is 0 Å². The maximum absolute atomic E-state index is 7.72. The number of allylic oxidation sites excluding steroid dienone is 1. The van der Waals surface area contributed by atoms with Gasteiger partial charge in [-0.2, -0.15) is 0 Å². The zero-order valence-electron chi connectivity index (χ0n) is 15.5. The Morgan fingerprint density at radius 1 is 1.42 bits per heavy atom. The fourth-order valence-electron chi connectivity index (χ4n) is 3.39. The van der Waals surface area contributed by atoms with Crippen LogP contribution in [0, 0.1) is 11.3 Å². The number of likely N-dealkylation sites (tertiary alicyclic amines) is 1. The second kappa shape index (κ2) is 9.05. The predicted octanol–water partition coefficient (Wildman–Crippen LogP) is 2.45. The first-order chi connectivity index (χ1) is 12.6. The van der Waals surface area contributed by atoms with Crippen LogP contribution in [0.1, 0.15) is 31.7 Å². The van der Waals surface area contributed by atoms with Crippen LogP contribution >= 0.6 is 0 Å². The molecule has 2 unspecified atom stereocenters. The topological polar surface area (TPSA) is 83.6 Å². The van der Waals surface area contributed by atoms with Crippen LogP contribution in [0.5, 0.6) is 5.75 Å². The summed E-state index contributed by atoms with van der Waals surface area (Å²) in [6.45, 7) is 7.14. The van der Waals surface area contributed by atoms with Crippen LogP contribution in [0.3, 0.4) is 0 Å². The molecule has 1 saturated heterocycles. The lowest BCUT2D eigenvalue weighted by molar-refractivity contribution is 0.109. The van der Waals surface area contributed by atoms with E-state index in [9.17, 15) is 0 Å². The standard InChI is InChI=1S/C20H30N4O2/c1-15-6-8-24(12-15)13-16-4-2-5-17(10-16)25-9-3-7-23-20-11-18(21)19(22)14-26-20/h2,4-5,10,14-15,20-21,23H,3,6-9,11-13,22H2,1H3. The predicted molar refractivity (Wildman–Crippen MR) is 103 cm³/mol. The van der Waals surface area contributed by atoms with Crippen molar-refractivity contribution in [2.45, 2.75) is 39.0 Å². The minimum absolute atomic E-state index is 0.166. The zero-order valence-corrected chi connectivity index (χ0v) is 15.5. The molecule has 1 aromatic carbocycles. The highest BCUT2D eigenvalue weighted by Crippen LogP contribution is 2.20. The number of hydrogen-bond donors (Lipinski definition) is 3. The molecule has 0 amide bonds. The summed E-state index contributed by atoms with van der Waals surface area (Å²) >= 11 is 0. The lowest BCUT2D eigenvalue weighted by atomic mass is 10.1. The third kappa shape index (κ3) is 5.47. The molecule has 2 aliphatic heterocycles. The molecular formula is C20H30N4O2. The van der Waals surface area contributed by atoms with E-state index in [0.29, 0.717) is 24.4 Å². The average Bonchev–Trinajstić information content (AvgIpc) is 3.03. The Balaban J connectivity index is 1.35. The summed E-state index contributed by atoms with van der Waals surface area (Å²) < 4.78 is 11.3. The Morgan fingerprint density at radius 3 is 3.08 bits per heavy atom. The molecule has 2 aliphatic rings. The SMILES string of the molecule is CC1CCN(Cc2cccc(OCCCNC3CC(=N)C(N)=CO3)c2)C1. The highest BCUT2D eigenvalue weighted by atomic mass is 16.5. The molecule has 6 heteroatoms. The number of benzene rings is 1. The second-order valence-corrected chi connectivity index (χ2v) is 7.31. The van der Waals surface area contributed by atoms with E-state index in [1.165, 1.54) is 31.3 Å². The maximum Gasteiger partial charge on any atom is 0.155 e. The molecule has 1 aromatic rings. The van der Waals surface area contributed by atoms with Gasteiger partial charge < -0.3 is 20.6 Å². The van der Waals surface area contributed by atoms with Gasteiger partial charge in [0.05, 0.1) is 18.0 Å². The third-order valence-corrected chi connectivity index (χ3v) is 4.87. The monoisotopic (exact) mass is 358 g/mol. The first-order valence-corrected chi connectivity index (χ1v) is 9.46. The molecule has 2 atom stereocenters. The van der Waals surface area contributed by atoms with Crippen LogP contribution in [-0.4, -0.2) is 43.1 Å². The Labute approximate surface area is 155 Å². The van der Waals surface area contributed by atoms with E-state index in [2.05, 4.69) is 35.3 Å². The lowest BCUT2D eigenvalue weighted by Crippen LogP contribution is -2.37. The molecule has 6 nitrogen and oxygen atoms in total. The third-order valence-electron chi connectivity index (χ3n) is 4.87. The fourth-order valence-corrected chi connectivity index (χ4v) is 3.39. The summed E-state index contributed by atoms with van der Waals surface area (Å²) in [5.74, 6) is 1.74. The van der Waals surface area contributed by atoms with Crippen molar-refractivity contribution in [1.82, 2.24) is 10.2 Å². The highest BCUT2D eigenvalue weighted by molar-refractivity contribution is 5.97. The largest absolute Gasteiger partial charge is 0.494 e. The summed E-state index contributed by atoms with van der Waals surface area (Å²) in [5.41, 5.74) is 7.76. The number of ether oxygens (including phenoxy) is 2. The first-order valence-electron chi connectivity index (χ1n) is 9.46. The lowest BCUT2D eigenvalue weighted by Gasteiger charge is -2.23. The van der Waals surface area contributed by atoms with Gasteiger partial charge in [0, 0.05) is 26.1 Å². The van der Waals surface area contributed by atoms with E-state index in [4.69, 9.17) is 20.6 Å². The highest BCUT2D eigenvalue weighted by Gasteiger charge is 2.19. The van der Waals surface area contributed by atoms with E-state index >= 15 is 0 Å². The molecule has 0 saturated carbocycles. The van der Waals surface area contributed by atoms with Crippen LogP contribution < -0.4 is 15.8 Å². The van der Waals surface area contributed by atoms with Crippen molar-refractivity contribution in [3.63, 3.8) is 0 Å². The molecule has 142 valence electrons. The molecule has 1 fully saturated rings. The normalized spacial score (nSPS) is 23.6. The Morgan fingerprint density at radius 2 is 2.31 bits per heavy atom. The smallest absolute Gasteiger partial charge is 0.155 e. The van der Waals surface area contributed by atoms with Crippen LogP contribution in [0.15, 0.2) is 36.2 Å². The van der Waals surface area contributed by atoms with E-state index in [1.54, 1.807) is 0 Å². The van der Waals surface area contributed by atoms with Gasteiger partial charge in [0.2, 0.25) is 0 Å². The minimum atomic E-state index is -0.166. The number of hydrogen-bond acceptors (Lipinski definition) is 6. The van der Waals surface area contributed by atoms with Crippen molar-refractivity contribution < 1.29 is 9.47 Å². The first kappa shape index (κ1) is 18.7. The number of nitrogens with zero attached hydrogens (tertiary/aromatic N) is 1. The van der Waals surface area contributed by atoms with Gasteiger partial charge in [-0.15, -0.1) is 0 Å². The molecular weight excluding hydrogens is 328 g/mol. The summed E-state index contributed by atoms with van der Waals surface area (Å²) in [7, 11) is 0. The van der Waals surface area contributed by atoms with Crippen molar-refractivity contribution in [1.29, 1.82) is 5.41 Å². The van der Waals surface area contributed by atoms with Gasteiger partial charge in [0.25, 0.3) is 0 Å². The van der Waals surface area contributed by atoms with Gasteiger partial charge in [-0.3, -0.25) is 10.2 Å². The molecule has 0 radical (unpaired) electrons. The fraction of sp³-hybridized carbons (Fsp3) is 0.550. The molecule has 26 heavy (non-hydrogen) atoms. The Hall–Kier alpha value is -2.05. The van der Waals surface area contributed by atoms with Crippen LogP contribution in [0.2, 0.25) is 0 Å². The molecule has 2 heterocycles. The average molecular weight is 358 g/mol. The van der Waals surface area contributed by atoms with Crippen molar-refractivity contribution in [2.24, 2.45) is 11.7 Å². The molecule has 4 N–H and O–H groups in total. The molecule has 0 aromatic heterocycles. The zero-order chi connectivity index (χ0) is 18.4. The Kier molecular flexibility index (Phi) is 6.52. The van der Waals surface area contributed by atoms with Gasteiger partial charge in [-0.25, -0.2) is 0 Å². The minimum Gasteiger partial charge on any atom is -0.494 e. The van der Waals surface area contributed by atoms with Crippen molar-refractivity contribution in [3.05, 3.63) is 41.8 Å². The van der Waals surface area contributed by atoms with Crippen molar-refractivity contribution in [3.8, 4) is 5.75 Å². The number of rotatable bonds is 8. The second-order valence-electron chi connectivity index (χ2n) is 7.31. The summed E-state index contributed by atoms with van der Waals surface area (Å²) in [6, 6.07) is 8.41. The van der Waals surface area contributed by atoms with E-state index in [1.807, 2.05) is 6.07 Å². The van der Waals surface area contributed by atoms with Gasteiger partial charge in [0.15, 0.2) is 6.23 Å².